The highest BCUT2D eigenvalue weighted by Crippen LogP contribution is 2.42. The van der Waals surface area contributed by atoms with Crippen LogP contribution in [0.15, 0.2) is 58.8 Å². The number of aromatic nitrogens is 2. The van der Waals surface area contributed by atoms with Crippen molar-refractivity contribution in [2.45, 2.75) is 57.1 Å². The van der Waals surface area contributed by atoms with E-state index in [2.05, 4.69) is 32.7 Å². The molecule has 1 aliphatic carbocycles. The molecule has 2 aromatic carbocycles. The van der Waals surface area contributed by atoms with E-state index in [0.717, 1.165) is 60.6 Å². The molecule has 9 nitrogen and oxygen atoms in total. The Morgan fingerprint density at radius 2 is 1.93 bits per heavy atom. The van der Waals surface area contributed by atoms with Crippen LogP contribution in [-0.4, -0.2) is 54.3 Å². The minimum absolute atomic E-state index is 0.176. The summed E-state index contributed by atoms with van der Waals surface area (Å²) in [5.74, 6) is -0.689. The van der Waals surface area contributed by atoms with Crippen molar-refractivity contribution >= 4 is 33.0 Å². The van der Waals surface area contributed by atoms with Gasteiger partial charge in [-0.05, 0) is 81.8 Å². The number of thiazole rings is 1. The highest BCUT2D eigenvalue weighted by Gasteiger charge is 2.37. The lowest BCUT2D eigenvalue weighted by atomic mass is 9.84. The number of esters is 1. The van der Waals surface area contributed by atoms with E-state index in [0.29, 0.717) is 16.5 Å². The van der Waals surface area contributed by atoms with Crippen LogP contribution in [0, 0.1) is 17.7 Å². The monoisotopic (exact) mass is 652 g/mol. The molecule has 0 spiro atoms. The van der Waals surface area contributed by atoms with E-state index in [-0.39, 0.29) is 24.8 Å². The molecule has 1 saturated carbocycles. The summed E-state index contributed by atoms with van der Waals surface area (Å²) in [6.07, 6.45) is 2.99. The van der Waals surface area contributed by atoms with Gasteiger partial charge < -0.3 is 19.3 Å². The van der Waals surface area contributed by atoms with Crippen LogP contribution in [0.4, 0.5) is 10.1 Å². The first-order valence-electron chi connectivity index (χ1n) is 15.1. The standard InChI is InChI=1S/C33H37FN4O5S2/c1-4-43-32(39)27-19-44-31(36-27)25-15-28(22-6-5-7-24(14-22)37-17-23(18-37)33(2,3)40)38(29(25)13-20-8-9-20)16-21-10-11-30(26(34)12-21)45(35,41)42/h5-7,10-12,14-15,19-20,23,40H,4,8-9,13,16-18H2,1-3H3,(H2,35,41,42). The maximum atomic E-state index is 15.0. The van der Waals surface area contributed by atoms with Crippen LogP contribution in [0.5, 0.6) is 0 Å². The Hall–Kier alpha value is -3.58. The number of primary sulfonamides is 1. The smallest absolute Gasteiger partial charge is 0.357 e. The third-order valence-electron chi connectivity index (χ3n) is 8.64. The lowest BCUT2D eigenvalue weighted by Gasteiger charge is -2.46. The summed E-state index contributed by atoms with van der Waals surface area (Å²) in [5, 5.41) is 18.1. The van der Waals surface area contributed by atoms with Crippen LogP contribution in [0.2, 0.25) is 0 Å². The van der Waals surface area contributed by atoms with E-state index in [4.69, 9.17) is 9.88 Å². The first-order valence-corrected chi connectivity index (χ1v) is 17.5. The number of hydrogen-bond acceptors (Lipinski definition) is 8. The molecule has 0 unspecified atom stereocenters. The number of carbonyl (C=O) groups excluding carboxylic acids is 1. The molecular formula is C33H37FN4O5S2. The summed E-state index contributed by atoms with van der Waals surface area (Å²) in [4.78, 5) is 18.8. The van der Waals surface area contributed by atoms with E-state index in [9.17, 15) is 22.7 Å². The number of nitrogens with zero attached hydrogens (tertiary/aromatic N) is 3. The van der Waals surface area contributed by atoms with E-state index in [1.807, 2.05) is 26.0 Å². The van der Waals surface area contributed by atoms with E-state index in [1.54, 1.807) is 18.4 Å². The maximum absolute atomic E-state index is 15.0. The molecule has 1 aliphatic heterocycles. The Morgan fingerprint density at radius 1 is 1.18 bits per heavy atom. The third kappa shape index (κ3) is 6.69. The van der Waals surface area contributed by atoms with Crippen molar-refractivity contribution in [3.05, 3.63) is 76.7 Å². The summed E-state index contributed by atoms with van der Waals surface area (Å²) >= 11 is 1.37. The first-order chi connectivity index (χ1) is 21.3. The van der Waals surface area contributed by atoms with Crippen molar-refractivity contribution in [3.8, 4) is 21.8 Å². The average molecular weight is 653 g/mol. The fourth-order valence-electron chi connectivity index (χ4n) is 5.76. The zero-order valence-corrected chi connectivity index (χ0v) is 27.1. The molecule has 238 valence electrons. The minimum atomic E-state index is -4.20. The van der Waals surface area contributed by atoms with Crippen molar-refractivity contribution < 1.29 is 27.4 Å². The Kier molecular flexibility index (Phi) is 8.36. The minimum Gasteiger partial charge on any atom is -0.461 e. The number of benzene rings is 2. The van der Waals surface area contributed by atoms with Crippen LogP contribution in [0.25, 0.3) is 21.8 Å². The van der Waals surface area contributed by atoms with Crippen molar-refractivity contribution in [1.82, 2.24) is 9.55 Å². The number of ether oxygens (including phenoxy) is 1. The SMILES string of the molecule is CCOC(=O)c1csc(-c2cc(-c3cccc(N4CC(C(C)(C)O)C4)c3)n(Cc3ccc(S(N)(=O)=O)c(F)c3)c2CC2CC2)n1. The number of halogens is 1. The van der Waals surface area contributed by atoms with Gasteiger partial charge in [0.05, 0.1) is 12.2 Å². The zero-order valence-electron chi connectivity index (χ0n) is 25.5. The predicted molar refractivity (Wildman–Crippen MR) is 172 cm³/mol. The fourth-order valence-corrected chi connectivity index (χ4v) is 7.18. The fraction of sp³-hybridized carbons (Fsp3) is 0.394. The number of sulfonamides is 1. The summed E-state index contributed by atoms with van der Waals surface area (Å²) in [6, 6.07) is 14.3. The molecule has 3 N–H and O–H groups in total. The van der Waals surface area contributed by atoms with Gasteiger partial charge in [0.2, 0.25) is 10.0 Å². The van der Waals surface area contributed by atoms with Crippen LogP contribution < -0.4 is 10.0 Å². The number of nitrogens with two attached hydrogens (primary N) is 1. The largest absolute Gasteiger partial charge is 0.461 e. The molecule has 2 fully saturated rings. The summed E-state index contributed by atoms with van der Waals surface area (Å²) < 4.78 is 46.0. The van der Waals surface area contributed by atoms with Crippen LogP contribution in [0.3, 0.4) is 0 Å². The van der Waals surface area contributed by atoms with E-state index in [1.165, 1.54) is 23.5 Å². The molecule has 3 heterocycles. The molecule has 2 aliphatic rings. The number of hydrogen-bond donors (Lipinski definition) is 2. The molecule has 0 bridgehead atoms. The van der Waals surface area contributed by atoms with Gasteiger partial charge in [-0.25, -0.2) is 27.7 Å². The lowest BCUT2D eigenvalue weighted by Crippen LogP contribution is -2.55. The normalized spacial score (nSPS) is 15.7. The van der Waals surface area contributed by atoms with Gasteiger partial charge in [-0.15, -0.1) is 11.3 Å². The first kappa shape index (κ1) is 31.4. The van der Waals surface area contributed by atoms with Crippen LogP contribution >= 0.6 is 11.3 Å². The van der Waals surface area contributed by atoms with Crippen LogP contribution in [-0.2, 0) is 27.7 Å². The predicted octanol–water partition coefficient (Wildman–Crippen LogP) is 5.45. The van der Waals surface area contributed by atoms with Crippen molar-refractivity contribution in [2.75, 3.05) is 24.6 Å². The summed E-state index contributed by atoms with van der Waals surface area (Å²) in [6.45, 7) is 7.46. The Bertz CT molecular complexity index is 1850. The Morgan fingerprint density at radius 3 is 2.58 bits per heavy atom. The quantitative estimate of drug-likeness (QED) is 0.206. The highest BCUT2D eigenvalue weighted by molar-refractivity contribution is 7.89. The number of anilines is 1. The molecule has 0 radical (unpaired) electrons. The average Bonchev–Trinajstić information content (AvgIpc) is 3.49. The van der Waals surface area contributed by atoms with Gasteiger partial charge in [0.25, 0.3) is 0 Å². The Labute approximate surface area is 266 Å². The van der Waals surface area contributed by atoms with Gasteiger partial charge in [0.1, 0.15) is 15.7 Å². The second-order valence-corrected chi connectivity index (χ2v) is 14.9. The second kappa shape index (κ2) is 12.0. The molecule has 1 saturated heterocycles. The van der Waals surface area contributed by atoms with Gasteiger partial charge in [-0.3, -0.25) is 0 Å². The van der Waals surface area contributed by atoms with Gasteiger partial charge in [0.15, 0.2) is 5.69 Å². The lowest BCUT2D eigenvalue weighted by molar-refractivity contribution is 0.00459. The Balaban J connectivity index is 1.45. The molecular weight excluding hydrogens is 616 g/mol. The number of aliphatic hydroxyl groups is 1. The molecule has 6 rings (SSSR count). The topological polar surface area (TPSA) is 128 Å². The van der Waals surface area contributed by atoms with Crippen molar-refractivity contribution in [3.63, 3.8) is 0 Å². The maximum Gasteiger partial charge on any atom is 0.357 e. The summed E-state index contributed by atoms with van der Waals surface area (Å²) in [7, 11) is -4.20. The molecule has 4 aromatic rings. The van der Waals surface area contributed by atoms with Gasteiger partial charge in [-0.1, -0.05) is 18.2 Å². The van der Waals surface area contributed by atoms with Crippen molar-refractivity contribution in [1.29, 1.82) is 0 Å². The van der Waals surface area contributed by atoms with E-state index < -0.39 is 32.3 Å². The molecule has 0 amide bonds. The molecule has 45 heavy (non-hydrogen) atoms. The zero-order chi connectivity index (χ0) is 32.1. The van der Waals surface area contributed by atoms with Gasteiger partial charge in [0, 0.05) is 59.1 Å². The van der Waals surface area contributed by atoms with Gasteiger partial charge >= 0.3 is 5.97 Å². The second-order valence-electron chi connectivity index (χ2n) is 12.5. The van der Waals surface area contributed by atoms with Crippen molar-refractivity contribution in [2.24, 2.45) is 17.0 Å². The highest BCUT2D eigenvalue weighted by atomic mass is 32.2. The molecule has 0 atom stereocenters. The van der Waals surface area contributed by atoms with Crippen LogP contribution in [0.1, 0.15) is 55.4 Å². The number of carbonyl (C=O) groups is 1. The van der Waals surface area contributed by atoms with Gasteiger partial charge in [-0.2, -0.15) is 0 Å². The number of rotatable bonds is 11. The summed E-state index contributed by atoms with van der Waals surface area (Å²) in [5.41, 5.74) is 4.88. The molecule has 12 heteroatoms. The van der Waals surface area contributed by atoms with E-state index >= 15 is 0 Å². The molecule has 2 aromatic heterocycles. The third-order valence-corrected chi connectivity index (χ3v) is 10.5.